The Kier molecular flexibility index (Phi) is 8.56. The molecule has 1 fully saturated rings. The molecule has 0 bridgehead atoms. The van der Waals surface area contributed by atoms with Crippen molar-refractivity contribution in [2.24, 2.45) is 10.9 Å². The highest BCUT2D eigenvalue weighted by Gasteiger charge is 2.19. The van der Waals surface area contributed by atoms with E-state index in [0.29, 0.717) is 29.9 Å². The second-order valence-corrected chi connectivity index (χ2v) is 6.84. The lowest BCUT2D eigenvalue weighted by Crippen LogP contribution is -2.42. The molecule has 2 aliphatic rings. The van der Waals surface area contributed by atoms with E-state index in [1.165, 1.54) is 0 Å². The van der Waals surface area contributed by atoms with Gasteiger partial charge in [0.05, 0.1) is 11.6 Å². The third-order valence-corrected chi connectivity index (χ3v) is 4.76. The molecular formula is C18H27ClIN3O3. The molecule has 1 atom stereocenters. The molecule has 0 amide bonds. The highest BCUT2D eigenvalue weighted by atomic mass is 127. The van der Waals surface area contributed by atoms with Gasteiger partial charge >= 0.3 is 0 Å². The van der Waals surface area contributed by atoms with Crippen molar-refractivity contribution in [3.05, 3.63) is 22.7 Å². The number of rotatable bonds is 5. The standard InChI is InChI=1S/C18H26ClN3O3.HI/c1-20-18(22(2)11-14-4-6-23-12-14)21-5-3-13-9-15(19)17-16(10-13)24-7-8-25-17;/h9-10,14H,3-8,11-12H2,1-2H3,(H,20,21);1H. The minimum Gasteiger partial charge on any atom is -0.486 e. The van der Waals surface area contributed by atoms with E-state index in [4.69, 9.17) is 25.8 Å². The SMILES string of the molecule is CN=C(NCCc1cc(Cl)c2c(c1)OCCO2)N(C)CC1CCOC1.I. The molecule has 8 heteroatoms. The molecular weight excluding hydrogens is 469 g/mol. The van der Waals surface area contributed by atoms with Crippen molar-refractivity contribution in [2.45, 2.75) is 12.8 Å². The Morgan fingerprint density at radius 1 is 1.31 bits per heavy atom. The number of hydrogen-bond acceptors (Lipinski definition) is 4. The van der Waals surface area contributed by atoms with E-state index in [0.717, 1.165) is 56.4 Å². The molecule has 3 rings (SSSR count). The molecule has 1 unspecified atom stereocenters. The van der Waals surface area contributed by atoms with E-state index < -0.39 is 0 Å². The number of fused-ring (bicyclic) bond motifs is 1. The number of benzene rings is 1. The zero-order chi connectivity index (χ0) is 17.6. The lowest BCUT2D eigenvalue weighted by atomic mass is 10.1. The van der Waals surface area contributed by atoms with Gasteiger partial charge in [0, 0.05) is 39.7 Å². The second kappa shape index (κ2) is 10.4. The second-order valence-electron chi connectivity index (χ2n) is 6.44. The van der Waals surface area contributed by atoms with Gasteiger partial charge in [0.15, 0.2) is 17.5 Å². The average molecular weight is 496 g/mol. The Balaban J connectivity index is 0.00000243. The summed E-state index contributed by atoms with van der Waals surface area (Å²) >= 11 is 6.29. The molecule has 26 heavy (non-hydrogen) atoms. The number of halogens is 2. The van der Waals surface area contributed by atoms with Crippen LogP contribution in [-0.2, 0) is 11.2 Å². The number of aliphatic imine (C=N–C) groups is 1. The molecule has 146 valence electrons. The summed E-state index contributed by atoms with van der Waals surface area (Å²) in [6, 6.07) is 3.95. The van der Waals surface area contributed by atoms with Gasteiger partial charge in [0.2, 0.25) is 0 Å². The van der Waals surface area contributed by atoms with Crippen LogP contribution in [0.4, 0.5) is 0 Å². The molecule has 1 N–H and O–H groups in total. The quantitative estimate of drug-likeness (QED) is 0.387. The minimum absolute atomic E-state index is 0. The van der Waals surface area contributed by atoms with Crippen LogP contribution in [0.1, 0.15) is 12.0 Å². The first-order valence-corrected chi connectivity index (χ1v) is 9.12. The van der Waals surface area contributed by atoms with Crippen molar-refractivity contribution in [3.8, 4) is 11.5 Å². The topological polar surface area (TPSA) is 55.3 Å². The van der Waals surface area contributed by atoms with E-state index in [9.17, 15) is 0 Å². The van der Waals surface area contributed by atoms with Gasteiger partial charge in [-0.1, -0.05) is 11.6 Å². The average Bonchev–Trinajstić information content (AvgIpc) is 3.11. The Labute approximate surface area is 177 Å². The van der Waals surface area contributed by atoms with Crippen LogP contribution in [0, 0.1) is 5.92 Å². The number of guanidine groups is 1. The Hall–Kier alpha value is -0.930. The molecule has 0 aliphatic carbocycles. The number of nitrogens with one attached hydrogen (secondary N) is 1. The van der Waals surface area contributed by atoms with Gasteiger partial charge in [-0.05, 0) is 30.5 Å². The van der Waals surface area contributed by atoms with Crippen LogP contribution in [0.25, 0.3) is 0 Å². The minimum atomic E-state index is 0. The first kappa shape index (κ1) is 21.4. The van der Waals surface area contributed by atoms with Crippen LogP contribution in [0.5, 0.6) is 11.5 Å². The lowest BCUT2D eigenvalue weighted by molar-refractivity contribution is 0.171. The Bertz CT molecular complexity index is 624. The Morgan fingerprint density at radius 3 is 2.85 bits per heavy atom. The maximum Gasteiger partial charge on any atom is 0.193 e. The maximum absolute atomic E-state index is 6.29. The van der Waals surface area contributed by atoms with Crippen molar-refractivity contribution in [1.82, 2.24) is 10.2 Å². The monoisotopic (exact) mass is 495 g/mol. The largest absolute Gasteiger partial charge is 0.486 e. The van der Waals surface area contributed by atoms with Crippen LogP contribution in [0.15, 0.2) is 17.1 Å². The van der Waals surface area contributed by atoms with Gasteiger partial charge in [-0.15, -0.1) is 24.0 Å². The number of ether oxygens (including phenoxy) is 3. The predicted molar refractivity (Wildman–Crippen MR) is 114 cm³/mol. The van der Waals surface area contributed by atoms with E-state index in [1.54, 1.807) is 0 Å². The van der Waals surface area contributed by atoms with Gasteiger partial charge in [0.1, 0.15) is 13.2 Å². The summed E-state index contributed by atoms with van der Waals surface area (Å²) in [5.41, 5.74) is 1.11. The summed E-state index contributed by atoms with van der Waals surface area (Å²) in [5, 5.41) is 4.02. The highest BCUT2D eigenvalue weighted by Crippen LogP contribution is 2.38. The fourth-order valence-corrected chi connectivity index (χ4v) is 3.50. The zero-order valence-electron chi connectivity index (χ0n) is 15.3. The summed E-state index contributed by atoms with van der Waals surface area (Å²) < 4.78 is 16.6. The fraction of sp³-hybridized carbons (Fsp3) is 0.611. The van der Waals surface area contributed by atoms with E-state index in [-0.39, 0.29) is 24.0 Å². The molecule has 1 saturated heterocycles. The first-order chi connectivity index (χ1) is 12.2. The van der Waals surface area contributed by atoms with E-state index in [2.05, 4.69) is 22.3 Å². The molecule has 0 radical (unpaired) electrons. The Morgan fingerprint density at radius 2 is 2.12 bits per heavy atom. The van der Waals surface area contributed by atoms with Gasteiger partial charge in [0.25, 0.3) is 0 Å². The van der Waals surface area contributed by atoms with Crippen molar-refractivity contribution < 1.29 is 14.2 Å². The summed E-state index contributed by atoms with van der Waals surface area (Å²) in [7, 11) is 3.87. The third kappa shape index (κ3) is 5.53. The van der Waals surface area contributed by atoms with Crippen LogP contribution in [0.2, 0.25) is 5.02 Å². The summed E-state index contributed by atoms with van der Waals surface area (Å²) in [4.78, 5) is 6.53. The van der Waals surface area contributed by atoms with E-state index >= 15 is 0 Å². The van der Waals surface area contributed by atoms with Gasteiger partial charge in [-0.3, -0.25) is 4.99 Å². The molecule has 0 saturated carbocycles. The molecule has 1 aromatic carbocycles. The fourth-order valence-electron chi connectivity index (χ4n) is 3.21. The summed E-state index contributed by atoms with van der Waals surface area (Å²) in [5.74, 6) is 2.87. The van der Waals surface area contributed by atoms with E-state index in [1.807, 2.05) is 19.2 Å². The molecule has 2 aliphatic heterocycles. The van der Waals surface area contributed by atoms with Gasteiger partial charge < -0.3 is 24.4 Å². The van der Waals surface area contributed by atoms with Gasteiger partial charge in [-0.25, -0.2) is 0 Å². The molecule has 0 aromatic heterocycles. The van der Waals surface area contributed by atoms with Crippen molar-refractivity contribution in [3.63, 3.8) is 0 Å². The summed E-state index contributed by atoms with van der Waals surface area (Å²) in [6.07, 6.45) is 1.95. The lowest BCUT2D eigenvalue weighted by Gasteiger charge is -2.24. The number of nitrogens with zero attached hydrogens (tertiary/aromatic N) is 2. The van der Waals surface area contributed by atoms with Gasteiger partial charge in [-0.2, -0.15) is 0 Å². The summed E-state index contributed by atoms with van der Waals surface area (Å²) in [6.45, 7) is 4.55. The van der Waals surface area contributed by atoms with Crippen molar-refractivity contribution in [1.29, 1.82) is 0 Å². The normalized spacial score (nSPS) is 19.0. The van der Waals surface area contributed by atoms with Crippen LogP contribution in [-0.4, -0.2) is 64.5 Å². The zero-order valence-corrected chi connectivity index (χ0v) is 18.4. The van der Waals surface area contributed by atoms with Crippen LogP contribution in [0.3, 0.4) is 0 Å². The number of hydrogen-bond donors (Lipinski definition) is 1. The van der Waals surface area contributed by atoms with Crippen molar-refractivity contribution >= 4 is 41.5 Å². The first-order valence-electron chi connectivity index (χ1n) is 8.75. The highest BCUT2D eigenvalue weighted by molar-refractivity contribution is 14.0. The maximum atomic E-state index is 6.29. The van der Waals surface area contributed by atoms with Crippen LogP contribution < -0.4 is 14.8 Å². The molecule has 6 nitrogen and oxygen atoms in total. The van der Waals surface area contributed by atoms with Crippen molar-refractivity contribution in [2.75, 3.05) is 53.6 Å². The third-order valence-electron chi connectivity index (χ3n) is 4.48. The molecule has 1 aromatic rings. The molecule has 2 heterocycles. The molecule has 0 spiro atoms. The smallest absolute Gasteiger partial charge is 0.193 e. The predicted octanol–water partition coefficient (Wildman–Crippen LogP) is 2.82. The van der Waals surface area contributed by atoms with Crippen LogP contribution >= 0.6 is 35.6 Å².